The van der Waals surface area contributed by atoms with Gasteiger partial charge in [0.15, 0.2) is 29.4 Å². The van der Waals surface area contributed by atoms with Crippen LogP contribution in [0.2, 0.25) is 0 Å². The molecule has 1 fully saturated rings. The van der Waals surface area contributed by atoms with Gasteiger partial charge >= 0.3 is 5.51 Å². The molecule has 0 saturated carbocycles. The molecule has 1 aliphatic heterocycles. The number of hydrogen-bond acceptors (Lipinski definition) is 5. The van der Waals surface area contributed by atoms with Gasteiger partial charge in [0.05, 0.1) is 0 Å². The number of alkyl halides is 3. The van der Waals surface area contributed by atoms with Crippen LogP contribution in [0.1, 0.15) is 0 Å². The minimum atomic E-state index is -6.09. The van der Waals surface area contributed by atoms with E-state index in [2.05, 4.69) is 10.8 Å². The van der Waals surface area contributed by atoms with E-state index in [9.17, 15) is 13.2 Å². The maximum Gasteiger partial charge on any atom is 0.485 e. The van der Waals surface area contributed by atoms with Crippen LogP contribution in [0.25, 0.3) is 0 Å². The van der Waals surface area contributed by atoms with Crippen molar-refractivity contribution in [2.75, 3.05) is 40.0 Å². The molecule has 6 nitrogen and oxygen atoms in total. The molecule has 0 amide bonds. The van der Waals surface area contributed by atoms with Crippen molar-refractivity contribution < 1.29 is 40.2 Å². The average molecular weight is 293 g/mol. The molecule has 0 spiro atoms. The van der Waals surface area contributed by atoms with Crippen molar-refractivity contribution in [3.05, 3.63) is 0 Å². The van der Waals surface area contributed by atoms with Crippen molar-refractivity contribution in [1.29, 1.82) is 0 Å². The zero-order valence-corrected chi connectivity index (χ0v) is 10.5. The summed E-state index contributed by atoms with van der Waals surface area (Å²) in [7, 11) is -4.38. The van der Waals surface area contributed by atoms with Crippen LogP contribution in [0.5, 0.6) is 0 Å². The summed E-state index contributed by atoms with van der Waals surface area (Å²) in [5.41, 5.74) is -5.65. The topological polar surface area (TPSA) is 78.7 Å². The van der Waals surface area contributed by atoms with Gasteiger partial charge in [0.1, 0.15) is 19.8 Å². The normalized spacial score (nSPS) is 16.8. The molecule has 1 aliphatic rings. The van der Waals surface area contributed by atoms with Crippen molar-refractivity contribution in [1.82, 2.24) is 0 Å². The predicted octanol–water partition coefficient (Wildman–Crippen LogP) is -0.202. The number of morpholine rings is 1. The second-order valence-corrected chi connectivity index (χ2v) is 4.56. The maximum atomic E-state index is 10.7. The van der Waals surface area contributed by atoms with Crippen LogP contribution in [0, 0.1) is 0 Å². The summed E-state index contributed by atoms with van der Waals surface area (Å²) < 4.78 is 71.2. The van der Waals surface area contributed by atoms with Gasteiger partial charge in [-0.25, -0.2) is 13.0 Å². The molecule has 1 rings (SSSR count). The number of hydrogen-bond donors (Lipinski definition) is 0. The van der Waals surface area contributed by atoms with Gasteiger partial charge in [0.2, 0.25) is 0 Å². The van der Waals surface area contributed by atoms with E-state index >= 15 is 0 Å². The molecule has 0 aromatic heterocycles. The summed E-state index contributed by atoms with van der Waals surface area (Å²) in [6, 6.07) is 0. The first kappa shape index (κ1) is 17.3. The minimum Gasteiger partial charge on any atom is -0.741 e. The van der Waals surface area contributed by atoms with Crippen LogP contribution in [-0.2, 0) is 19.6 Å². The van der Waals surface area contributed by atoms with E-state index in [1.807, 2.05) is 0 Å². The molecule has 1 saturated heterocycles. The molecule has 0 unspecified atom stereocenters. The first-order chi connectivity index (χ1) is 8.18. The summed E-state index contributed by atoms with van der Waals surface area (Å²) >= 11 is 0. The zero-order valence-electron chi connectivity index (χ0n) is 9.64. The lowest BCUT2D eigenvalue weighted by Gasteiger charge is -2.09. The molecular formula is C8H14F3NO5S. The van der Waals surface area contributed by atoms with E-state index in [1.54, 1.807) is 7.11 Å². The molecule has 18 heavy (non-hydrogen) atoms. The summed E-state index contributed by atoms with van der Waals surface area (Å²) in [5.74, 6) is 0. The van der Waals surface area contributed by atoms with Gasteiger partial charge in [0.25, 0.3) is 0 Å². The average Bonchev–Trinajstić information content (AvgIpc) is 2.26. The molecule has 0 aliphatic carbocycles. The minimum absolute atomic E-state index is 0.708. The fraction of sp³-hybridized carbons (Fsp3) is 0.875. The lowest BCUT2D eigenvalue weighted by Crippen LogP contribution is -2.30. The Kier molecular flexibility index (Phi) is 7.36. The maximum absolute atomic E-state index is 10.7. The fourth-order valence-corrected chi connectivity index (χ4v) is 0.940. The zero-order chi connectivity index (χ0) is 14.2. The number of ether oxygens (including phenoxy) is 2. The van der Waals surface area contributed by atoms with E-state index in [4.69, 9.17) is 22.4 Å². The first-order valence-corrected chi connectivity index (χ1v) is 6.25. The third-order valence-corrected chi connectivity index (χ3v) is 2.40. The quantitative estimate of drug-likeness (QED) is 0.400. The standard InChI is InChI=1S/C7H14NO2.CHF3O3S/c1-9-5-2-8-3-6-10-7-4-8;2-1(3,4)8(5,6)7/h2H,3-7H2,1H3;(H,5,6,7)/q+1;/p-1. The highest BCUT2D eigenvalue weighted by molar-refractivity contribution is 7.86. The van der Waals surface area contributed by atoms with E-state index in [-0.39, 0.29) is 0 Å². The largest absolute Gasteiger partial charge is 0.741 e. The van der Waals surface area contributed by atoms with Gasteiger partial charge in [-0.2, -0.15) is 13.2 Å². The van der Waals surface area contributed by atoms with Crippen molar-refractivity contribution in [3.8, 4) is 0 Å². The Morgan fingerprint density at radius 3 is 2.17 bits per heavy atom. The summed E-state index contributed by atoms with van der Waals surface area (Å²) in [6.45, 7) is 4.41. The second-order valence-electron chi connectivity index (χ2n) is 3.19. The van der Waals surface area contributed by atoms with Gasteiger partial charge in [0, 0.05) is 7.11 Å². The molecule has 1 heterocycles. The van der Waals surface area contributed by atoms with Crippen molar-refractivity contribution in [2.45, 2.75) is 5.51 Å². The monoisotopic (exact) mass is 293 g/mol. The van der Waals surface area contributed by atoms with Gasteiger partial charge in [-0.3, -0.25) is 0 Å². The third kappa shape index (κ3) is 7.58. The lowest BCUT2D eigenvalue weighted by atomic mass is 10.5. The molecule has 0 radical (unpaired) electrons. The molecule has 0 bridgehead atoms. The Morgan fingerprint density at radius 2 is 1.83 bits per heavy atom. The highest BCUT2D eigenvalue weighted by Crippen LogP contribution is 2.20. The summed E-state index contributed by atoms with van der Waals surface area (Å²) in [6.07, 6.45) is 2.07. The molecule has 0 aromatic carbocycles. The van der Waals surface area contributed by atoms with Crippen LogP contribution < -0.4 is 0 Å². The first-order valence-electron chi connectivity index (χ1n) is 4.84. The Morgan fingerprint density at radius 1 is 1.39 bits per heavy atom. The van der Waals surface area contributed by atoms with Gasteiger partial charge in [-0.15, -0.1) is 0 Å². The van der Waals surface area contributed by atoms with E-state index in [1.165, 1.54) is 0 Å². The van der Waals surface area contributed by atoms with Gasteiger partial charge < -0.3 is 14.0 Å². The second kappa shape index (κ2) is 7.67. The molecule has 10 heteroatoms. The lowest BCUT2D eigenvalue weighted by molar-refractivity contribution is -0.546. The number of halogens is 3. The fourth-order valence-electron chi connectivity index (χ4n) is 0.940. The summed E-state index contributed by atoms with van der Waals surface area (Å²) in [4.78, 5) is 0. The van der Waals surface area contributed by atoms with Crippen LogP contribution in [0.3, 0.4) is 0 Å². The van der Waals surface area contributed by atoms with Crippen LogP contribution >= 0.6 is 0 Å². The smallest absolute Gasteiger partial charge is 0.485 e. The highest BCUT2D eigenvalue weighted by atomic mass is 32.2. The Hall–Kier alpha value is -0.710. The Labute approximate surface area is 103 Å². The van der Waals surface area contributed by atoms with Crippen LogP contribution in [-0.4, -0.2) is 69.3 Å². The Bertz CT molecular complexity index is 357. The van der Waals surface area contributed by atoms with Crippen molar-refractivity contribution >= 4 is 16.3 Å². The van der Waals surface area contributed by atoms with E-state index in [0.717, 1.165) is 26.3 Å². The number of rotatable bonds is 2. The number of methoxy groups -OCH3 is 1. The predicted molar refractivity (Wildman–Crippen MR) is 54.5 cm³/mol. The SMILES string of the molecule is COCC=[N+]1CCOCC1.O=S(=O)([O-])C(F)(F)F. The Balaban J connectivity index is 0.000000331. The highest BCUT2D eigenvalue weighted by Gasteiger charge is 2.36. The molecular weight excluding hydrogens is 279 g/mol. The van der Waals surface area contributed by atoms with Gasteiger partial charge in [-0.05, 0) is 0 Å². The molecule has 108 valence electrons. The van der Waals surface area contributed by atoms with Crippen LogP contribution in [0.15, 0.2) is 0 Å². The van der Waals surface area contributed by atoms with Crippen molar-refractivity contribution in [2.24, 2.45) is 0 Å². The van der Waals surface area contributed by atoms with E-state index < -0.39 is 15.6 Å². The third-order valence-electron chi connectivity index (χ3n) is 1.83. The summed E-state index contributed by atoms with van der Waals surface area (Å²) in [5, 5.41) is 0. The number of nitrogens with zero attached hydrogens (tertiary/aromatic N) is 1. The molecule has 0 aromatic rings. The van der Waals surface area contributed by atoms with E-state index in [0.29, 0.717) is 6.61 Å². The molecule has 0 atom stereocenters. The molecule has 0 N–H and O–H groups in total. The van der Waals surface area contributed by atoms with Crippen molar-refractivity contribution in [3.63, 3.8) is 0 Å². The van der Waals surface area contributed by atoms with Crippen LogP contribution in [0.4, 0.5) is 13.2 Å². The van der Waals surface area contributed by atoms with Gasteiger partial charge in [-0.1, -0.05) is 0 Å².